The predicted molar refractivity (Wildman–Crippen MR) is 105 cm³/mol. The van der Waals surface area contributed by atoms with E-state index in [1.807, 2.05) is 26.2 Å². The lowest BCUT2D eigenvalue weighted by atomic mass is 9.93. The van der Waals surface area contributed by atoms with Crippen LogP contribution in [0.1, 0.15) is 47.2 Å². The normalized spacial score (nSPS) is 23.9. The van der Waals surface area contributed by atoms with E-state index in [1.165, 1.54) is 37.3 Å². The number of carbonyl (C=O) groups excluding carboxylic acids is 1. The van der Waals surface area contributed by atoms with E-state index in [-0.39, 0.29) is 5.41 Å². The number of carbonyl (C=O) groups is 1. The molecular formula is C18H26N2O4S2. The van der Waals surface area contributed by atoms with Crippen molar-refractivity contribution in [3.05, 3.63) is 35.4 Å². The topological polar surface area (TPSA) is 96.4 Å². The molecule has 2 unspecified atom stereocenters. The molecule has 0 saturated carbocycles. The number of anilines is 1. The highest BCUT2D eigenvalue weighted by molar-refractivity contribution is 7.94. The standard InChI is InChI=1S/C18H26N2O4S2/c1-12-9-7-8-10-18(12,22)26(23,24)17(5,6)14(21)20-15-19-13(11-25-15)16(2,3)4/h7-12,22H,1-6H3,(H,19,20,21). The SMILES string of the molecule is CC1C=CC=CC1(O)S(=O)(=O)C(C)(C)C(=O)Nc1nc(C(C)(C)C)cs1. The van der Waals surface area contributed by atoms with Gasteiger partial charge < -0.3 is 10.4 Å². The zero-order valence-corrected chi connectivity index (χ0v) is 17.5. The van der Waals surface area contributed by atoms with Gasteiger partial charge in [0.25, 0.3) is 0 Å². The Kier molecular flexibility index (Phi) is 5.26. The van der Waals surface area contributed by atoms with Gasteiger partial charge in [-0.2, -0.15) is 0 Å². The summed E-state index contributed by atoms with van der Waals surface area (Å²) in [5.41, 5.74) is 0.635. The number of allylic oxidation sites excluding steroid dienone is 2. The van der Waals surface area contributed by atoms with Crippen LogP contribution in [-0.4, -0.2) is 34.1 Å². The molecule has 1 aliphatic rings. The second-order valence-electron chi connectivity index (χ2n) is 8.04. The first-order chi connectivity index (χ1) is 11.7. The first-order valence-electron chi connectivity index (χ1n) is 8.33. The van der Waals surface area contributed by atoms with Crippen molar-refractivity contribution in [1.82, 2.24) is 4.98 Å². The molecule has 0 saturated heterocycles. The van der Waals surface area contributed by atoms with Gasteiger partial charge in [0.2, 0.25) is 5.91 Å². The fourth-order valence-corrected chi connectivity index (χ4v) is 5.37. The maximum absolute atomic E-state index is 13.1. The van der Waals surface area contributed by atoms with E-state index in [9.17, 15) is 18.3 Å². The Labute approximate surface area is 159 Å². The number of amides is 1. The molecule has 1 aromatic heterocycles. The molecule has 8 heteroatoms. The van der Waals surface area contributed by atoms with Crippen LogP contribution in [0, 0.1) is 5.92 Å². The van der Waals surface area contributed by atoms with E-state index in [4.69, 9.17) is 0 Å². The summed E-state index contributed by atoms with van der Waals surface area (Å²) >= 11 is 1.24. The first-order valence-corrected chi connectivity index (χ1v) is 10.7. The highest BCUT2D eigenvalue weighted by Gasteiger charge is 2.55. The van der Waals surface area contributed by atoms with Gasteiger partial charge in [-0.05, 0) is 19.9 Å². The van der Waals surface area contributed by atoms with Gasteiger partial charge >= 0.3 is 0 Å². The Bertz CT molecular complexity index is 860. The fraction of sp³-hybridized carbons (Fsp3) is 0.556. The van der Waals surface area contributed by atoms with Crippen LogP contribution in [-0.2, 0) is 20.0 Å². The summed E-state index contributed by atoms with van der Waals surface area (Å²) in [5, 5.41) is 15.6. The molecule has 0 radical (unpaired) electrons. The van der Waals surface area contributed by atoms with Gasteiger partial charge in [-0.3, -0.25) is 4.79 Å². The lowest BCUT2D eigenvalue weighted by Crippen LogP contribution is -2.56. The second kappa shape index (κ2) is 6.58. The second-order valence-corrected chi connectivity index (χ2v) is 11.6. The van der Waals surface area contributed by atoms with Crippen molar-refractivity contribution in [2.24, 2.45) is 5.92 Å². The summed E-state index contributed by atoms with van der Waals surface area (Å²) in [6.45, 7) is 10.2. The van der Waals surface area contributed by atoms with Crippen LogP contribution >= 0.6 is 11.3 Å². The van der Waals surface area contributed by atoms with Crippen molar-refractivity contribution in [3.63, 3.8) is 0 Å². The van der Waals surface area contributed by atoms with E-state index < -0.39 is 31.3 Å². The zero-order chi connectivity index (χ0) is 20.0. The third-order valence-corrected chi connectivity index (χ3v) is 8.30. The maximum atomic E-state index is 13.1. The monoisotopic (exact) mass is 398 g/mol. The number of aliphatic hydroxyl groups is 1. The van der Waals surface area contributed by atoms with Crippen molar-refractivity contribution >= 4 is 32.2 Å². The lowest BCUT2D eigenvalue weighted by molar-refractivity contribution is -0.118. The van der Waals surface area contributed by atoms with Crippen molar-refractivity contribution in [2.75, 3.05) is 5.32 Å². The van der Waals surface area contributed by atoms with E-state index in [1.54, 1.807) is 19.1 Å². The number of nitrogens with zero attached hydrogens (tertiary/aromatic N) is 1. The highest BCUT2D eigenvalue weighted by Crippen LogP contribution is 2.38. The molecule has 1 heterocycles. The van der Waals surface area contributed by atoms with Crippen LogP contribution in [0.4, 0.5) is 5.13 Å². The molecule has 1 amide bonds. The molecule has 1 aromatic rings. The molecular weight excluding hydrogens is 372 g/mol. The van der Waals surface area contributed by atoms with Gasteiger partial charge in [-0.15, -0.1) is 11.3 Å². The van der Waals surface area contributed by atoms with Crippen LogP contribution < -0.4 is 5.32 Å². The number of rotatable bonds is 4. The van der Waals surface area contributed by atoms with Gasteiger partial charge in [0.15, 0.2) is 19.9 Å². The molecule has 2 N–H and O–H groups in total. The summed E-state index contributed by atoms with van der Waals surface area (Å²) in [7, 11) is -4.27. The van der Waals surface area contributed by atoms with Crippen LogP contribution in [0.5, 0.6) is 0 Å². The largest absolute Gasteiger partial charge is 0.371 e. The molecule has 144 valence electrons. The molecule has 0 fully saturated rings. The predicted octanol–water partition coefficient (Wildman–Crippen LogP) is 3.02. The van der Waals surface area contributed by atoms with Crippen molar-refractivity contribution in [1.29, 1.82) is 0 Å². The van der Waals surface area contributed by atoms with Crippen LogP contribution in [0.3, 0.4) is 0 Å². The Morgan fingerprint density at radius 1 is 1.27 bits per heavy atom. The summed E-state index contributed by atoms with van der Waals surface area (Å²) in [6, 6.07) is 0. The van der Waals surface area contributed by atoms with Gasteiger partial charge in [0.05, 0.1) is 5.69 Å². The smallest absolute Gasteiger partial charge is 0.247 e. The third-order valence-electron chi connectivity index (χ3n) is 4.64. The molecule has 0 aliphatic heterocycles. The lowest BCUT2D eigenvalue weighted by Gasteiger charge is -2.37. The maximum Gasteiger partial charge on any atom is 0.247 e. The average molecular weight is 399 g/mol. The number of nitrogens with one attached hydrogen (secondary N) is 1. The van der Waals surface area contributed by atoms with Gasteiger partial charge in [-0.1, -0.05) is 45.9 Å². The Morgan fingerprint density at radius 3 is 2.38 bits per heavy atom. The minimum atomic E-state index is -4.27. The van der Waals surface area contributed by atoms with E-state index in [0.717, 1.165) is 5.69 Å². The molecule has 26 heavy (non-hydrogen) atoms. The average Bonchev–Trinajstić information content (AvgIpc) is 2.98. The Balaban J connectivity index is 2.31. The first kappa shape index (κ1) is 20.8. The van der Waals surface area contributed by atoms with E-state index in [0.29, 0.717) is 5.13 Å². The molecule has 2 rings (SSSR count). The minimum absolute atomic E-state index is 0.176. The van der Waals surface area contributed by atoms with Crippen LogP contribution in [0.25, 0.3) is 0 Å². The molecule has 2 atom stereocenters. The molecule has 6 nitrogen and oxygen atoms in total. The third kappa shape index (κ3) is 3.37. The van der Waals surface area contributed by atoms with Crippen molar-refractivity contribution in [3.8, 4) is 0 Å². The number of hydrogen-bond acceptors (Lipinski definition) is 6. The molecule has 0 spiro atoms. The molecule has 1 aliphatic carbocycles. The molecule has 0 aromatic carbocycles. The zero-order valence-electron chi connectivity index (χ0n) is 15.9. The van der Waals surface area contributed by atoms with Crippen molar-refractivity contribution < 1.29 is 18.3 Å². The van der Waals surface area contributed by atoms with Crippen LogP contribution in [0.15, 0.2) is 29.7 Å². The number of sulfone groups is 1. The van der Waals surface area contributed by atoms with Crippen molar-refractivity contribution in [2.45, 2.75) is 56.6 Å². The van der Waals surface area contributed by atoms with Gasteiger partial charge in [-0.25, -0.2) is 13.4 Å². The van der Waals surface area contributed by atoms with E-state index in [2.05, 4.69) is 10.3 Å². The number of aromatic nitrogens is 1. The Hall–Kier alpha value is -1.51. The fourth-order valence-electron chi connectivity index (χ4n) is 2.50. The quantitative estimate of drug-likeness (QED) is 0.813. The summed E-state index contributed by atoms with van der Waals surface area (Å²) in [5.74, 6) is -1.40. The Morgan fingerprint density at radius 2 is 1.88 bits per heavy atom. The van der Waals surface area contributed by atoms with Gasteiger partial charge in [0.1, 0.15) is 4.75 Å². The summed E-state index contributed by atoms with van der Waals surface area (Å²) in [6.07, 6.45) is 5.97. The minimum Gasteiger partial charge on any atom is -0.371 e. The number of hydrogen-bond donors (Lipinski definition) is 2. The molecule has 0 bridgehead atoms. The summed E-state index contributed by atoms with van der Waals surface area (Å²) in [4.78, 5) is 15.0. The summed E-state index contributed by atoms with van der Waals surface area (Å²) < 4.78 is 24.4. The van der Waals surface area contributed by atoms with E-state index >= 15 is 0 Å². The van der Waals surface area contributed by atoms with Gasteiger partial charge in [0, 0.05) is 16.7 Å². The highest BCUT2D eigenvalue weighted by atomic mass is 32.2. The van der Waals surface area contributed by atoms with Crippen LogP contribution in [0.2, 0.25) is 0 Å². The number of thiazole rings is 1.